The number of nitrogens with zero attached hydrogens (tertiary/aromatic N) is 2. The van der Waals surface area contributed by atoms with Crippen molar-refractivity contribution in [2.24, 2.45) is 0 Å². The predicted octanol–water partition coefficient (Wildman–Crippen LogP) is 2.74. The van der Waals surface area contributed by atoms with Gasteiger partial charge in [0.25, 0.3) is 0 Å². The monoisotopic (exact) mass is 338 g/mol. The standard InChI is InChI=1S/C18H18N4O3/c1-24-16-14(8-5-9-19-16)10-20-18(23)21-11-15-12-25-17(22-15)13-6-3-2-4-7-13/h2-9,12H,10-11H2,1H3,(H2,20,21,23). The fourth-order valence-electron chi connectivity index (χ4n) is 2.25. The molecular formula is C18H18N4O3. The molecule has 7 heteroatoms. The third-order valence-electron chi connectivity index (χ3n) is 3.49. The van der Waals surface area contributed by atoms with Crippen LogP contribution < -0.4 is 15.4 Å². The smallest absolute Gasteiger partial charge is 0.315 e. The Bertz CT molecular complexity index is 833. The summed E-state index contributed by atoms with van der Waals surface area (Å²) in [4.78, 5) is 20.4. The van der Waals surface area contributed by atoms with Gasteiger partial charge in [-0.05, 0) is 18.2 Å². The highest BCUT2D eigenvalue weighted by Crippen LogP contribution is 2.17. The van der Waals surface area contributed by atoms with Crippen molar-refractivity contribution in [3.05, 3.63) is 66.2 Å². The Kier molecular flexibility index (Phi) is 5.26. The van der Waals surface area contributed by atoms with Crippen LogP contribution in [0, 0.1) is 0 Å². The number of pyridine rings is 1. The lowest BCUT2D eigenvalue weighted by Gasteiger charge is -2.09. The molecule has 2 aromatic heterocycles. The van der Waals surface area contributed by atoms with E-state index in [9.17, 15) is 4.79 Å². The summed E-state index contributed by atoms with van der Waals surface area (Å²) in [6.07, 6.45) is 3.17. The first-order chi connectivity index (χ1) is 12.3. The largest absolute Gasteiger partial charge is 0.481 e. The summed E-state index contributed by atoms with van der Waals surface area (Å²) < 4.78 is 10.6. The average Bonchev–Trinajstić information content (AvgIpc) is 3.14. The number of carbonyl (C=O) groups excluding carboxylic acids is 1. The zero-order valence-electron chi connectivity index (χ0n) is 13.7. The van der Waals surface area contributed by atoms with Gasteiger partial charge in [-0.3, -0.25) is 0 Å². The molecule has 2 N–H and O–H groups in total. The third-order valence-corrected chi connectivity index (χ3v) is 3.49. The molecule has 0 saturated heterocycles. The first kappa shape index (κ1) is 16.5. The van der Waals surface area contributed by atoms with Crippen LogP contribution in [0.25, 0.3) is 11.5 Å². The minimum atomic E-state index is -0.310. The molecule has 0 aliphatic carbocycles. The molecule has 2 heterocycles. The molecule has 7 nitrogen and oxygen atoms in total. The van der Waals surface area contributed by atoms with Crippen molar-refractivity contribution in [2.45, 2.75) is 13.1 Å². The first-order valence-corrected chi connectivity index (χ1v) is 7.75. The molecule has 3 rings (SSSR count). The van der Waals surface area contributed by atoms with Gasteiger partial charge in [0.2, 0.25) is 11.8 Å². The lowest BCUT2D eigenvalue weighted by molar-refractivity contribution is 0.240. The van der Waals surface area contributed by atoms with Crippen molar-refractivity contribution < 1.29 is 13.9 Å². The maximum Gasteiger partial charge on any atom is 0.315 e. The minimum Gasteiger partial charge on any atom is -0.481 e. The number of methoxy groups -OCH3 is 1. The van der Waals surface area contributed by atoms with Gasteiger partial charge >= 0.3 is 6.03 Å². The van der Waals surface area contributed by atoms with Crippen LogP contribution in [0.4, 0.5) is 4.79 Å². The second-order valence-electron chi connectivity index (χ2n) is 5.22. The number of benzene rings is 1. The fraction of sp³-hybridized carbons (Fsp3) is 0.167. The quantitative estimate of drug-likeness (QED) is 0.721. The molecule has 3 aromatic rings. The Labute approximate surface area is 145 Å². The van der Waals surface area contributed by atoms with Crippen LogP contribution in [-0.2, 0) is 13.1 Å². The van der Waals surface area contributed by atoms with Gasteiger partial charge in [0.1, 0.15) is 6.26 Å². The summed E-state index contributed by atoms with van der Waals surface area (Å²) in [5.74, 6) is 1.02. The third kappa shape index (κ3) is 4.35. The Hall–Kier alpha value is -3.35. The summed E-state index contributed by atoms with van der Waals surface area (Å²) in [6.45, 7) is 0.587. The number of hydrogen-bond acceptors (Lipinski definition) is 5. The van der Waals surface area contributed by atoms with Crippen molar-refractivity contribution in [2.75, 3.05) is 7.11 Å². The highest BCUT2D eigenvalue weighted by Gasteiger charge is 2.09. The molecule has 0 saturated carbocycles. The van der Waals surface area contributed by atoms with Gasteiger partial charge in [0, 0.05) is 23.9 Å². The summed E-state index contributed by atoms with van der Waals surface area (Å²) in [5, 5.41) is 5.49. The number of rotatable bonds is 6. The van der Waals surface area contributed by atoms with E-state index < -0.39 is 0 Å². The van der Waals surface area contributed by atoms with E-state index in [4.69, 9.17) is 9.15 Å². The van der Waals surface area contributed by atoms with Crippen molar-refractivity contribution in [3.63, 3.8) is 0 Å². The predicted molar refractivity (Wildman–Crippen MR) is 91.8 cm³/mol. The molecule has 0 bridgehead atoms. The van der Waals surface area contributed by atoms with Gasteiger partial charge in [0.05, 0.1) is 19.3 Å². The van der Waals surface area contributed by atoms with E-state index in [0.717, 1.165) is 11.1 Å². The summed E-state index contributed by atoms with van der Waals surface area (Å²) >= 11 is 0. The highest BCUT2D eigenvalue weighted by atomic mass is 16.5. The zero-order chi connectivity index (χ0) is 17.5. The Balaban J connectivity index is 1.50. The summed E-state index contributed by atoms with van der Waals surface area (Å²) in [5.41, 5.74) is 2.34. The number of carbonyl (C=O) groups is 1. The van der Waals surface area contributed by atoms with Crippen LogP contribution in [0.15, 0.2) is 59.3 Å². The highest BCUT2D eigenvalue weighted by molar-refractivity contribution is 5.73. The van der Waals surface area contributed by atoms with Gasteiger partial charge in [-0.25, -0.2) is 14.8 Å². The minimum absolute atomic E-state index is 0.270. The normalized spacial score (nSPS) is 10.3. The van der Waals surface area contributed by atoms with Gasteiger partial charge < -0.3 is 19.8 Å². The van der Waals surface area contributed by atoms with Crippen molar-refractivity contribution in [1.82, 2.24) is 20.6 Å². The first-order valence-electron chi connectivity index (χ1n) is 7.75. The van der Waals surface area contributed by atoms with E-state index >= 15 is 0 Å². The lowest BCUT2D eigenvalue weighted by Crippen LogP contribution is -2.34. The van der Waals surface area contributed by atoms with Crippen LogP contribution in [-0.4, -0.2) is 23.1 Å². The van der Waals surface area contributed by atoms with Crippen molar-refractivity contribution in [1.29, 1.82) is 0 Å². The van der Waals surface area contributed by atoms with Gasteiger partial charge in [-0.1, -0.05) is 24.3 Å². The number of aromatic nitrogens is 2. The number of nitrogens with one attached hydrogen (secondary N) is 2. The van der Waals surface area contributed by atoms with Crippen LogP contribution in [0.2, 0.25) is 0 Å². The topological polar surface area (TPSA) is 89.3 Å². The molecule has 128 valence electrons. The molecule has 0 unspecified atom stereocenters. The molecular weight excluding hydrogens is 320 g/mol. The molecule has 0 aliphatic heterocycles. The molecule has 0 atom stereocenters. The second-order valence-corrected chi connectivity index (χ2v) is 5.22. The van der Waals surface area contributed by atoms with Gasteiger partial charge in [-0.15, -0.1) is 0 Å². The van der Waals surface area contributed by atoms with Crippen LogP contribution >= 0.6 is 0 Å². The van der Waals surface area contributed by atoms with E-state index in [2.05, 4.69) is 20.6 Å². The second kappa shape index (κ2) is 7.96. The number of urea groups is 1. The SMILES string of the molecule is COc1ncccc1CNC(=O)NCc1coc(-c2ccccc2)n1. The van der Waals surface area contributed by atoms with E-state index in [1.165, 1.54) is 6.26 Å². The maximum absolute atomic E-state index is 11.9. The molecule has 25 heavy (non-hydrogen) atoms. The van der Waals surface area contributed by atoms with Gasteiger partial charge in [0.15, 0.2) is 0 Å². The molecule has 1 aromatic carbocycles. The van der Waals surface area contributed by atoms with E-state index in [0.29, 0.717) is 24.0 Å². The summed E-state index contributed by atoms with van der Waals surface area (Å²) in [7, 11) is 1.54. The van der Waals surface area contributed by atoms with E-state index in [-0.39, 0.29) is 12.6 Å². The van der Waals surface area contributed by atoms with Gasteiger partial charge in [-0.2, -0.15) is 0 Å². The lowest BCUT2D eigenvalue weighted by atomic mass is 10.2. The average molecular weight is 338 g/mol. The number of oxazole rings is 1. The summed E-state index contributed by atoms with van der Waals surface area (Å²) in [6, 6.07) is 12.9. The molecule has 2 amide bonds. The Morgan fingerprint density at radius 1 is 1.12 bits per heavy atom. The Morgan fingerprint density at radius 3 is 2.72 bits per heavy atom. The Morgan fingerprint density at radius 2 is 1.92 bits per heavy atom. The van der Waals surface area contributed by atoms with Crippen LogP contribution in [0.3, 0.4) is 0 Å². The van der Waals surface area contributed by atoms with Crippen LogP contribution in [0.5, 0.6) is 5.88 Å². The van der Waals surface area contributed by atoms with Crippen molar-refractivity contribution >= 4 is 6.03 Å². The van der Waals surface area contributed by atoms with E-state index in [1.807, 2.05) is 36.4 Å². The zero-order valence-corrected chi connectivity index (χ0v) is 13.7. The van der Waals surface area contributed by atoms with Crippen molar-refractivity contribution in [3.8, 4) is 17.3 Å². The van der Waals surface area contributed by atoms with E-state index in [1.54, 1.807) is 19.4 Å². The molecule has 0 fully saturated rings. The number of hydrogen-bond donors (Lipinski definition) is 2. The molecule has 0 radical (unpaired) electrons. The maximum atomic E-state index is 11.9. The van der Waals surface area contributed by atoms with Crippen LogP contribution in [0.1, 0.15) is 11.3 Å². The number of amides is 2. The molecule has 0 aliphatic rings. The number of ether oxygens (including phenoxy) is 1. The fourth-order valence-corrected chi connectivity index (χ4v) is 2.25. The molecule has 0 spiro atoms.